The second-order valence-corrected chi connectivity index (χ2v) is 4.65. The van der Waals surface area contributed by atoms with E-state index < -0.39 is 6.17 Å². The zero-order chi connectivity index (χ0) is 11.5. The van der Waals surface area contributed by atoms with Gasteiger partial charge in [0, 0.05) is 0 Å². The van der Waals surface area contributed by atoms with Crippen LogP contribution < -0.4 is 0 Å². The molecule has 1 unspecified atom stereocenters. The number of rotatable bonds is 9. The smallest absolute Gasteiger partial charge is 0.315 e. The van der Waals surface area contributed by atoms with E-state index in [0.29, 0.717) is 18.8 Å². The maximum atomic E-state index is 12.4. The number of carbonyl (C=O) groups is 1. The van der Waals surface area contributed by atoms with E-state index in [2.05, 4.69) is 6.92 Å². The van der Waals surface area contributed by atoms with Gasteiger partial charge in [0.05, 0.1) is 18.5 Å². The summed E-state index contributed by atoms with van der Waals surface area (Å²) in [5.41, 5.74) is 0. The van der Waals surface area contributed by atoms with Crippen LogP contribution in [0.2, 0.25) is 0 Å². The monoisotopic (exact) mass is 236 g/mol. The zero-order valence-electron chi connectivity index (χ0n) is 9.63. The summed E-state index contributed by atoms with van der Waals surface area (Å²) < 4.78 is 17.4. The second-order valence-electron chi connectivity index (χ2n) is 3.55. The summed E-state index contributed by atoms with van der Waals surface area (Å²) in [6.45, 7) is 4.14. The van der Waals surface area contributed by atoms with E-state index in [0.717, 1.165) is 25.0 Å². The molecule has 0 aliphatic carbocycles. The van der Waals surface area contributed by atoms with E-state index in [1.165, 1.54) is 11.8 Å². The minimum atomic E-state index is -0.734. The average Bonchev–Trinajstić information content (AvgIpc) is 2.17. The van der Waals surface area contributed by atoms with Crippen molar-refractivity contribution in [1.29, 1.82) is 0 Å². The SMILES string of the molecule is CCCCOC(=O)CSCCCC(C)F. The molecule has 0 rings (SSSR count). The first-order valence-electron chi connectivity index (χ1n) is 5.54. The van der Waals surface area contributed by atoms with Crippen molar-refractivity contribution in [2.45, 2.75) is 45.7 Å². The van der Waals surface area contributed by atoms with Crippen LogP contribution in [-0.2, 0) is 9.53 Å². The van der Waals surface area contributed by atoms with Crippen molar-refractivity contribution in [2.24, 2.45) is 0 Å². The molecule has 0 N–H and O–H groups in total. The highest BCUT2D eigenvalue weighted by molar-refractivity contribution is 7.99. The van der Waals surface area contributed by atoms with E-state index in [4.69, 9.17) is 4.74 Å². The number of esters is 1. The van der Waals surface area contributed by atoms with Crippen LogP contribution in [0.1, 0.15) is 39.5 Å². The maximum absolute atomic E-state index is 12.4. The van der Waals surface area contributed by atoms with Gasteiger partial charge >= 0.3 is 5.97 Å². The molecular weight excluding hydrogens is 215 g/mol. The lowest BCUT2D eigenvalue weighted by Gasteiger charge is -2.04. The van der Waals surface area contributed by atoms with Gasteiger partial charge in [0.1, 0.15) is 0 Å². The Morgan fingerprint density at radius 1 is 1.47 bits per heavy atom. The Hall–Kier alpha value is -0.250. The predicted molar refractivity (Wildman–Crippen MR) is 63.0 cm³/mol. The molecule has 0 aromatic carbocycles. The summed E-state index contributed by atoms with van der Waals surface area (Å²) >= 11 is 1.52. The number of unbranched alkanes of at least 4 members (excludes halogenated alkanes) is 1. The molecule has 0 amide bonds. The van der Waals surface area contributed by atoms with Gasteiger partial charge in [0.2, 0.25) is 0 Å². The predicted octanol–water partition coefficient (Wildman–Crippen LogP) is 3.20. The number of ether oxygens (including phenoxy) is 1. The highest BCUT2D eigenvalue weighted by Gasteiger charge is 2.03. The van der Waals surface area contributed by atoms with E-state index in [1.54, 1.807) is 6.92 Å². The first kappa shape index (κ1) is 14.8. The lowest BCUT2D eigenvalue weighted by atomic mass is 10.2. The van der Waals surface area contributed by atoms with Gasteiger partial charge in [-0.05, 0) is 31.9 Å². The van der Waals surface area contributed by atoms with E-state index in [1.807, 2.05) is 0 Å². The number of carbonyl (C=O) groups excluding carboxylic acids is 1. The van der Waals surface area contributed by atoms with Gasteiger partial charge in [-0.3, -0.25) is 4.79 Å². The van der Waals surface area contributed by atoms with Gasteiger partial charge in [0.15, 0.2) is 0 Å². The largest absolute Gasteiger partial charge is 0.465 e. The molecule has 1 atom stereocenters. The number of hydrogen-bond acceptors (Lipinski definition) is 3. The normalized spacial score (nSPS) is 12.5. The standard InChI is InChI=1S/C11H21FO2S/c1-3-4-7-14-11(13)9-15-8-5-6-10(2)12/h10H,3-9H2,1-2H3. The summed E-state index contributed by atoms with van der Waals surface area (Å²) in [4.78, 5) is 11.1. The van der Waals surface area contributed by atoms with Gasteiger partial charge in [-0.15, -0.1) is 0 Å². The third kappa shape index (κ3) is 11.7. The van der Waals surface area contributed by atoms with Crippen LogP contribution in [0.5, 0.6) is 0 Å². The fourth-order valence-corrected chi connectivity index (χ4v) is 1.76. The van der Waals surface area contributed by atoms with E-state index in [-0.39, 0.29) is 5.97 Å². The Bertz CT molecular complexity index is 163. The van der Waals surface area contributed by atoms with Crippen LogP contribution >= 0.6 is 11.8 Å². The Labute approximate surface area is 96.0 Å². The molecule has 0 aromatic rings. The van der Waals surface area contributed by atoms with Gasteiger partial charge in [0.25, 0.3) is 0 Å². The van der Waals surface area contributed by atoms with Gasteiger partial charge in [-0.2, -0.15) is 11.8 Å². The molecule has 0 fully saturated rings. The van der Waals surface area contributed by atoms with Crippen molar-refractivity contribution < 1.29 is 13.9 Å². The molecule has 0 heterocycles. The van der Waals surface area contributed by atoms with E-state index >= 15 is 0 Å². The van der Waals surface area contributed by atoms with Crippen LogP contribution in [0.15, 0.2) is 0 Å². The van der Waals surface area contributed by atoms with Gasteiger partial charge < -0.3 is 4.74 Å². The number of thioether (sulfide) groups is 1. The third-order valence-electron chi connectivity index (χ3n) is 1.87. The quantitative estimate of drug-likeness (QED) is 0.454. The Morgan fingerprint density at radius 3 is 2.80 bits per heavy atom. The maximum Gasteiger partial charge on any atom is 0.315 e. The average molecular weight is 236 g/mol. The zero-order valence-corrected chi connectivity index (χ0v) is 10.4. The molecule has 2 nitrogen and oxygen atoms in total. The molecule has 0 aromatic heterocycles. The molecule has 0 saturated heterocycles. The summed E-state index contributed by atoms with van der Waals surface area (Å²) in [5, 5.41) is 0. The molecule has 4 heteroatoms. The topological polar surface area (TPSA) is 26.3 Å². The summed E-state index contributed by atoms with van der Waals surface area (Å²) in [7, 11) is 0. The van der Waals surface area contributed by atoms with Crippen molar-refractivity contribution in [3.8, 4) is 0 Å². The molecule has 0 aliphatic heterocycles. The molecule has 0 radical (unpaired) electrons. The number of hydrogen-bond donors (Lipinski definition) is 0. The van der Waals surface area contributed by atoms with Crippen LogP contribution in [0.25, 0.3) is 0 Å². The van der Waals surface area contributed by atoms with Crippen molar-refractivity contribution in [1.82, 2.24) is 0 Å². The van der Waals surface area contributed by atoms with Gasteiger partial charge in [-0.1, -0.05) is 13.3 Å². The highest BCUT2D eigenvalue weighted by atomic mass is 32.2. The highest BCUT2D eigenvalue weighted by Crippen LogP contribution is 2.08. The fraction of sp³-hybridized carbons (Fsp3) is 0.909. The Kier molecular flexibility index (Phi) is 10.1. The molecule has 90 valence electrons. The molecular formula is C11H21FO2S. The van der Waals surface area contributed by atoms with Crippen LogP contribution in [-0.4, -0.2) is 30.3 Å². The first-order chi connectivity index (χ1) is 7.16. The second kappa shape index (κ2) is 10.3. The number of halogens is 1. The third-order valence-corrected chi connectivity index (χ3v) is 2.89. The van der Waals surface area contributed by atoms with E-state index in [9.17, 15) is 9.18 Å². The van der Waals surface area contributed by atoms with Crippen molar-refractivity contribution in [3.05, 3.63) is 0 Å². The van der Waals surface area contributed by atoms with Crippen LogP contribution in [0.4, 0.5) is 4.39 Å². The van der Waals surface area contributed by atoms with Crippen LogP contribution in [0, 0.1) is 0 Å². The minimum absolute atomic E-state index is 0.151. The minimum Gasteiger partial charge on any atom is -0.465 e. The Balaban J connectivity index is 3.17. The van der Waals surface area contributed by atoms with Gasteiger partial charge in [-0.25, -0.2) is 4.39 Å². The summed E-state index contributed by atoms with van der Waals surface area (Å²) in [6.07, 6.45) is 2.63. The summed E-state index contributed by atoms with van der Waals surface area (Å²) in [6, 6.07) is 0. The van der Waals surface area contributed by atoms with Crippen LogP contribution in [0.3, 0.4) is 0 Å². The summed E-state index contributed by atoms with van der Waals surface area (Å²) in [5.74, 6) is 1.07. The lowest BCUT2D eigenvalue weighted by Crippen LogP contribution is -2.08. The van der Waals surface area contributed by atoms with Crippen molar-refractivity contribution in [3.63, 3.8) is 0 Å². The van der Waals surface area contributed by atoms with Crippen molar-refractivity contribution >= 4 is 17.7 Å². The molecule has 0 saturated carbocycles. The molecule has 0 spiro atoms. The first-order valence-corrected chi connectivity index (χ1v) is 6.69. The molecule has 15 heavy (non-hydrogen) atoms. The fourth-order valence-electron chi connectivity index (χ4n) is 0.994. The molecule has 0 aliphatic rings. The van der Waals surface area contributed by atoms with Crippen molar-refractivity contribution in [2.75, 3.05) is 18.1 Å². The molecule has 0 bridgehead atoms. The number of alkyl halides is 1. The Morgan fingerprint density at radius 2 is 2.20 bits per heavy atom. The lowest BCUT2D eigenvalue weighted by molar-refractivity contribution is -0.140.